The van der Waals surface area contributed by atoms with Crippen LogP contribution in [0.2, 0.25) is 0 Å². The Labute approximate surface area is 118 Å². The summed E-state index contributed by atoms with van der Waals surface area (Å²) in [5, 5.41) is 15.2. The lowest BCUT2D eigenvalue weighted by Gasteiger charge is -2.22. The number of carbonyl (C=O) groups excluding carboxylic acids is 1. The van der Waals surface area contributed by atoms with Crippen molar-refractivity contribution in [3.63, 3.8) is 0 Å². The van der Waals surface area contributed by atoms with Crippen molar-refractivity contribution < 1.29 is 9.90 Å². The van der Waals surface area contributed by atoms with Crippen LogP contribution < -0.4 is 5.32 Å². The molecule has 1 aliphatic carbocycles. The first kappa shape index (κ1) is 13.1. The van der Waals surface area contributed by atoms with Crippen molar-refractivity contribution in [1.82, 2.24) is 5.32 Å². The van der Waals surface area contributed by atoms with E-state index in [0.717, 1.165) is 36.5 Å². The van der Waals surface area contributed by atoms with Crippen LogP contribution in [0.1, 0.15) is 36.0 Å². The van der Waals surface area contributed by atoms with Gasteiger partial charge in [0.2, 0.25) is 0 Å². The summed E-state index contributed by atoms with van der Waals surface area (Å²) in [4.78, 5) is 12.3. The first-order valence-corrected chi connectivity index (χ1v) is 7.16. The van der Waals surface area contributed by atoms with E-state index in [1.165, 1.54) is 0 Å². The Morgan fingerprint density at radius 1 is 1.10 bits per heavy atom. The number of rotatable bonds is 3. The largest absolute Gasteiger partial charge is 0.388 e. The number of fused-ring (bicyclic) bond motifs is 1. The molecule has 0 radical (unpaired) electrons. The maximum Gasteiger partial charge on any atom is 0.252 e. The number of carbonyl (C=O) groups is 1. The molecule has 1 aliphatic rings. The smallest absolute Gasteiger partial charge is 0.252 e. The lowest BCUT2D eigenvalue weighted by molar-refractivity contribution is 0.0450. The highest BCUT2D eigenvalue weighted by Crippen LogP contribution is 2.28. The molecule has 2 N–H and O–H groups in total. The first-order valence-electron chi connectivity index (χ1n) is 7.16. The maximum atomic E-state index is 12.3. The number of benzene rings is 2. The van der Waals surface area contributed by atoms with Gasteiger partial charge >= 0.3 is 0 Å². The predicted molar refractivity (Wildman–Crippen MR) is 79.7 cm³/mol. The summed E-state index contributed by atoms with van der Waals surface area (Å²) in [6, 6.07) is 13.6. The molecule has 1 saturated carbocycles. The zero-order valence-corrected chi connectivity index (χ0v) is 11.4. The molecule has 2 aromatic carbocycles. The molecule has 0 aromatic heterocycles. The van der Waals surface area contributed by atoms with Gasteiger partial charge in [0, 0.05) is 12.1 Å². The van der Waals surface area contributed by atoms with E-state index in [9.17, 15) is 9.90 Å². The highest BCUT2D eigenvalue weighted by Gasteiger charge is 2.31. The van der Waals surface area contributed by atoms with Gasteiger partial charge in [0.25, 0.3) is 5.91 Å². The van der Waals surface area contributed by atoms with Crippen molar-refractivity contribution in [2.75, 3.05) is 6.54 Å². The van der Waals surface area contributed by atoms with Crippen molar-refractivity contribution >= 4 is 16.7 Å². The molecular formula is C17H19NO2. The minimum atomic E-state index is -0.708. The van der Waals surface area contributed by atoms with Crippen molar-refractivity contribution in [3.8, 4) is 0 Å². The highest BCUT2D eigenvalue weighted by atomic mass is 16.3. The van der Waals surface area contributed by atoms with Crippen LogP contribution in [-0.4, -0.2) is 23.2 Å². The fourth-order valence-corrected chi connectivity index (χ4v) is 2.97. The van der Waals surface area contributed by atoms with Gasteiger partial charge in [-0.25, -0.2) is 0 Å². The van der Waals surface area contributed by atoms with Crippen molar-refractivity contribution in [3.05, 3.63) is 48.0 Å². The summed E-state index contributed by atoms with van der Waals surface area (Å²) >= 11 is 0. The van der Waals surface area contributed by atoms with Crippen LogP contribution in [0, 0.1) is 0 Å². The molecule has 3 nitrogen and oxygen atoms in total. The minimum Gasteiger partial charge on any atom is -0.388 e. The van der Waals surface area contributed by atoms with E-state index in [-0.39, 0.29) is 5.91 Å². The van der Waals surface area contributed by atoms with Gasteiger partial charge in [-0.15, -0.1) is 0 Å². The van der Waals surface area contributed by atoms with E-state index in [4.69, 9.17) is 0 Å². The Balaban J connectivity index is 1.79. The first-order chi connectivity index (χ1) is 9.68. The average molecular weight is 269 g/mol. The van der Waals surface area contributed by atoms with Gasteiger partial charge in [-0.1, -0.05) is 49.2 Å². The number of hydrogen-bond acceptors (Lipinski definition) is 2. The van der Waals surface area contributed by atoms with Crippen LogP contribution in [0.3, 0.4) is 0 Å². The molecule has 1 fully saturated rings. The van der Waals surface area contributed by atoms with E-state index in [2.05, 4.69) is 5.32 Å². The quantitative estimate of drug-likeness (QED) is 0.900. The Kier molecular flexibility index (Phi) is 3.45. The Hall–Kier alpha value is -1.87. The molecule has 0 spiro atoms. The third-order valence-corrected chi connectivity index (χ3v) is 4.15. The van der Waals surface area contributed by atoms with Crippen molar-refractivity contribution in [1.29, 1.82) is 0 Å². The Bertz CT molecular complexity index is 624. The van der Waals surface area contributed by atoms with Gasteiger partial charge in [-0.3, -0.25) is 4.79 Å². The van der Waals surface area contributed by atoms with Gasteiger partial charge < -0.3 is 10.4 Å². The minimum absolute atomic E-state index is 0.109. The fraction of sp³-hybridized carbons (Fsp3) is 0.353. The molecule has 3 rings (SSSR count). The summed E-state index contributed by atoms with van der Waals surface area (Å²) < 4.78 is 0. The number of amides is 1. The van der Waals surface area contributed by atoms with E-state index >= 15 is 0 Å². The monoisotopic (exact) mass is 269 g/mol. The number of nitrogens with one attached hydrogen (secondary N) is 1. The lowest BCUT2D eigenvalue weighted by Crippen LogP contribution is -2.40. The molecule has 1 amide bonds. The van der Waals surface area contributed by atoms with Crippen molar-refractivity contribution in [2.45, 2.75) is 31.3 Å². The second-order valence-corrected chi connectivity index (χ2v) is 5.64. The molecule has 0 aliphatic heterocycles. The van der Waals surface area contributed by atoms with Gasteiger partial charge in [-0.2, -0.15) is 0 Å². The summed E-state index contributed by atoms with van der Waals surface area (Å²) in [6.45, 7) is 0.342. The van der Waals surface area contributed by atoms with E-state index < -0.39 is 5.60 Å². The van der Waals surface area contributed by atoms with Crippen LogP contribution in [0.5, 0.6) is 0 Å². The standard InChI is InChI=1S/C17H19NO2/c19-16(18-12-17(20)10-3-4-11-17)15-9-5-7-13-6-1-2-8-14(13)15/h1-2,5-9,20H,3-4,10-12H2,(H,18,19). The third-order valence-electron chi connectivity index (χ3n) is 4.15. The van der Waals surface area contributed by atoms with Crippen LogP contribution >= 0.6 is 0 Å². The van der Waals surface area contributed by atoms with Crippen LogP contribution in [0.4, 0.5) is 0 Å². The zero-order valence-electron chi connectivity index (χ0n) is 11.4. The zero-order chi connectivity index (χ0) is 14.0. The third kappa shape index (κ3) is 2.54. The molecule has 0 unspecified atom stereocenters. The summed E-state index contributed by atoms with van der Waals surface area (Å²) in [5.74, 6) is -0.109. The summed E-state index contributed by atoms with van der Waals surface area (Å²) in [6.07, 6.45) is 3.65. The topological polar surface area (TPSA) is 49.3 Å². The molecule has 0 heterocycles. The van der Waals surface area contributed by atoms with Gasteiger partial charge in [-0.05, 0) is 29.7 Å². The molecule has 20 heavy (non-hydrogen) atoms. The van der Waals surface area contributed by atoms with Gasteiger partial charge in [0.05, 0.1) is 5.60 Å². The van der Waals surface area contributed by atoms with Gasteiger partial charge in [0.1, 0.15) is 0 Å². The summed E-state index contributed by atoms with van der Waals surface area (Å²) in [7, 11) is 0. The van der Waals surface area contributed by atoms with Crippen LogP contribution in [0.25, 0.3) is 10.8 Å². The van der Waals surface area contributed by atoms with Gasteiger partial charge in [0.15, 0.2) is 0 Å². The van der Waals surface area contributed by atoms with E-state index in [0.29, 0.717) is 12.1 Å². The Morgan fingerprint density at radius 3 is 2.60 bits per heavy atom. The van der Waals surface area contributed by atoms with Crippen molar-refractivity contribution in [2.24, 2.45) is 0 Å². The number of aliphatic hydroxyl groups is 1. The second-order valence-electron chi connectivity index (χ2n) is 5.64. The molecule has 2 aromatic rings. The number of hydrogen-bond donors (Lipinski definition) is 2. The average Bonchev–Trinajstić information content (AvgIpc) is 2.91. The maximum absolute atomic E-state index is 12.3. The molecule has 0 saturated heterocycles. The van der Waals surface area contributed by atoms with E-state index in [1.807, 2.05) is 42.5 Å². The Morgan fingerprint density at radius 2 is 1.80 bits per heavy atom. The van der Waals surface area contributed by atoms with Crippen LogP contribution in [-0.2, 0) is 0 Å². The normalized spacial score (nSPS) is 17.2. The molecular weight excluding hydrogens is 250 g/mol. The fourth-order valence-electron chi connectivity index (χ4n) is 2.97. The van der Waals surface area contributed by atoms with E-state index in [1.54, 1.807) is 0 Å². The highest BCUT2D eigenvalue weighted by molar-refractivity contribution is 6.07. The SMILES string of the molecule is O=C(NCC1(O)CCCC1)c1cccc2ccccc12. The predicted octanol–water partition coefficient (Wildman–Crippen LogP) is 2.87. The molecule has 0 bridgehead atoms. The molecule has 0 atom stereocenters. The summed E-state index contributed by atoms with van der Waals surface area (Å²) in [5.41, 5.74) is -0.0371. The lowest BCUT2D eigenvalue weighted by atomic mass is 10.0. The molecule has 3 heteroatoms. The van der Waals surface area contributed by atoms with Crippen LogP contribution in [0.15, 0.2) is 42.5 Å². The molecule has 104 valence electrons. The second kappa shape index (κ2) is 5.25.